The maximum absolute atomic E-state index is 14.1. The Balaban J connectivity index is 3.78. The van der Waals surface area contributed by atoms with E-state index in [0.717, 1.165) is 25.7 Å². The zero-order valence-electron chi connectivity index (χ0n) is 50.1. The molecular formula is C54H93N13O18. The van der Waals surface area contributed by atoms with Gasteiger partial charge in [-0.3, -0.25) is 78.0 Å². The molecule has 0 aromatic rings. The highest BCUT2D eigenvalue weighted by atomic mass is 16.5. The zero-order chi connectivity index (χ0) is 64.0. The van der Waals surface area contributed by atoms with Crippen LogP contribution in [0, 0.1) is 5.92 Å². The van der Waals surface area contributed by atoms with Crippen molar-refractivity contribution in [2.45, 2.75) is 187 Å². The van der Waals surface area contributed by atoms with E-state index in [2.05, 4.69) is 60.1 Å². The third-order valence-electron chi connectivity index (χ3n) is 13.2. The molecule has 85 heavy (non-hydrogen) atoms. The Morgan fingerprint density at radius 1 is 0.588 bits per heavy atom. The number of esters is 1. The Morgan fingerprint density at radius 3 is 1.62 bits per heavy atom. The second-order valence-corrected chi connectivity index (χ2v) is 20.6. The molecule has 31 heteroatoms. The average molecular weight is 1210 g/mol. The summed E-state index contributed by atoms with van der Waals surface area (Å²) in [5, 5.41) is 67.1. The number of rotatable bonds is 25. The van der Waals surface area contributed by atoms with Crippen molar-refractivity contribution in [2.24, 2.45) is 5.92 Å². The molecule has 3 unspecified atom stereocenters. The van der Waals surface area contributed by atoms with Gasteiger partial charge >= 0.3 is 5.97 Å². The van der Waals surface area contributed by atoms with Crippen LogP contribution in [-0.4, -0.2) is 214 Å². The van der Waals surface area contributed by atoms with Gasteiger partial charge in [-0.2, -0.15) is 0 Å². The Hall–Kier alpha value is -7.35. The normalized spacial score (nSPS) is 21.7. The molecule has 482 valence electrons. The highest BCUT2D eigenvalue weighted by Gasteiger charge is 2.33. The molecule has 1 rings (SSSR count). The van der Waals surface area contributed by atoms with Gasteiger partial charge in [0.05, 0.1) is 25.7 Å². The summed E-state index contributed by atoms with van der Waals surface area (Å²) in [4.78, 5) is 172. The minimum Gasteiger partial charge on any atom is -0.462 e. The Kier molecular flexibility index (Phi) is 37.8. The number of aliphatic hydroxyl groups is 1. The number of hydrogen-bond donors (Lipinski definition) is 14. The highest BCUT2D eigenvalue weighted by molar-refractivity contribution is 5.96. The topological polar surface area (TPSA) is 442 Å². The fourth-order valence-electron chi connectivity index (χ4n) is 8.06. The molecule has 31 nitrogen and oxygen atoms in total. The summed E-state index contributed by atoms with van der Waals surface area (Å²) in [5.41, 5.74) is 0. The molecule has 7 atom stereocenters. The minimum absolute atomic E-state index is 0.00206. The summed E-state index contributed by atoms with van der Waals surface area (Å²) in [6.45, 7) is 6.07. The van der Waals surface area contributed by atoms with Crippen molar-refractivity contribution >= 4 is 76.9 Å². The number of nitrogens with one attached hydrogen (secondary N) is 10. The molecule has 0 aliphatic carbocycles. The lowest BCUT2D eigenvalue weighted by molar-refractivity contribution is -0.165. The number of allylic oxidation sites excluding steroid dienone is 1. The number of carbonyl (C=O) groups is 13. The van der Waals surface area contributed by atoms with Crippen LogP contribution in [0.15, 0.2) is 12.2 Å². The predicted molar refractivity (Wildman–Crippen MR) is 303 cm³/mol. The number of carbonyl (C=O) groups excluding carboxylic acids is 13. The number of ether oxygens (including phenoxy) is 1. The van der Waals surface area contributed by atoms with Crippen LogP contribution in [0.5, 0.6) is 0 Å². The smallest absolute Gasteiger partial charge is 0.325 e. The van der Waals surface area contributed by atoms with Crippen LogP contribution in [-0.2, 0) is 67.1 Å². The summed E-state index contributed by atoms with van der Waals surface area (Å²) < 4.78 is 5.33. The molecule has 1 saturated heterocycles. The van der Waals surface area contributed by atoms with E-state index in [9.17, 15) is 83.1 Å². The summed E-state index contributed by atoms with van der Waals surface area (Å²) in [7, 11) is 0. The first kappa shape index (κ1) is 75.7. The number of aliphatic hydroxyl groups excluding tert-OH is 1. The van der Waals surface area contributed by atoms with Gasteiger partial charge < -0.3 is 63.0 Å². The molecule has 0 bridgehead atoms. The third kappa shape index (κ3) is 31.4. The quantitative estimate of drug-likeness (QED) is 0.0149. The minimum atomic E-state index is -1.70. The van der Waals surface area contributed by atoms with E-state index in [1.165, 1.54) is 27.7 Å². The molecule has 12 amide bonds. The van der Waals surface area contributed by atoms with Gasteiger partial charge in [-0.05, 0) is 64.2 Å². The SMILES string of the molecule is CCCCCC/C=C\CC(=O)N[C@H]1COC(=O)CNC(=O)C(CCCN(O)C(=O)CC)NC(=O)CNC(=O)[C@H](C)NCC(CCCN(O)C(=O)CC)NC(=O)[C@H](CO)NC(=O)[C@@H](C(C)C)NC(=O)CNC(=O)C(CCCN(O)C(=O)CC)NC1=O. The van der Waals surface area contributed by atoms with Gasteiger partial charge in [0.25, 0.3) is 0 Å². The van der Waals surface area contributed by atoms with Gasteiger partial charge in [-0.1, -0.05) is 73.0 Å². The predicted octanol–water partition coefficient (Wildman–Crippen LogP) is -2.43. The van der Waals surface area contributed by atoms with Crippen LogP contribution in [0.1, 0.15) is 145 Å². The molecular weight excluding hydrogens is 1120 g/mol. The van der Waals surface area contributed by atoms with Crippen molar-refractivity contribution in [1.82, 2.24) is 68.4 Å². The van der Waals surface area contributed by atoms with Crippen LogP contribution in [0.25, 0.3) is 0 Å². The van der Waals surface area contributed by atoms with Crippen molar-refractivity contribution < 1.29 is 87.8 Å². The van der Waals surface area contributed by atoms with Crippen LogP contribution >= 0.6 is 0 Å². The molecule has 1 aliphatic rings. The van der Waals surface area contributed by atoms with E-state index in [0.29, 0.717) is 21.6 Å². The van der Waals surface area contributed by atoms with Crippen molar-refractivity contribution in [3.8, 4) is 0 Å². The first-order chi connectivity index (χ1) is 40.3. The van der Waals surface area contributed by atoms with Crippen LogP contribution in [0.3, 0.4) is 0 Å². The molecule has 0 saturated carbocycles. The lowest BCUT2D eigenvalue weighted by atomic mass is 10.0. The third-order valence-corrected chi connectivity index (χ3v) is 13.2. The second kappa shape index (κ2) is 42.5. The van der Waals surface area contributed by atoms with E-state index in [1.54, 1.807) is 26.0 Å². The van der Waals surface area contributed by atoms with Gasteiger partial charge in [-0.15, -0.1) is 0 Å². The molecule has 0 aromatic heterocycles. The van der Waals surface area contributed by atoms with E-state index >= 15 is 0 Å². The summed E-state index contributed by atoms with van der Waals surface area (Å²) >= 11 is 0. The lowest BCUT2D eigenvalue weighted by Gasteiger charge is -2.27. The van der Waals surface area contributed by atoms with E-state index in [-0.39, 0.29) is 90.4 Å². The molecule has 0 aromatic carbocycles. The lowest BCUT2D eigenvalue weighted by Crippen LogP contribution is -2.59. The van der Waals surface area contributed by atoms with Crippen molar-refractivity contribution in [2.75, 3.05) is 59.0 Å². The molecule has 0 spiro atoms. The Morgan fingerprint density at radius 2 is 1.09 bits per heavy atom. The van der Waals surface area contributed by atoms with Crippen LogP contribution in [0.2, 0.25) is 0 Å². The average Bonchev–Trinajstić information content (AvgIpc) is 3.68. The number of nitrogens with zero attached hydrogens (tertiary/aromatic N) is 3. The molecule has 0 radical (unpaired) electrons. The van der Waals surface area contributed by atoms with E-state index in [1.807, 2.05) is 0 Å². The molecule has 1 fully saturated rings. The fraction of sp³-hybridized carbons (Fsp3) is 0.722. The Bertz CT molecular complexity index is 2240. The van der Waals surface area contributed by atoms with Gasteiger partial charge in [0.15, 0.2) is 0 Å². The number of hydroxylamine groups is 6. The van der Waals surface area contributed by atoms with E-state index in [4.69, 9.17) is 4.74 Å². The van der Waals surface area contributed by atoms with Crippen molar-refractivity contribution in [3.05, 3.63) is 12.2 Å². The molecule has 14 N–H and O–H groups in total. The number of amides is 12. The Labute approximate surface area is 495 Å². The zero-order valence-corrected chi connectivity index (χ0v) is 50.1. The van der Waals surface area contributed by atoms with Gasteiger partial charge in [0, 0.05) is 57.9 Å². The number of hydrogen-bond acceptors (Lipinski definition) is 19. The largest absolute Gasteiger partial charge is 0.462 e. The maximum atomic E-state index is 14.1. The van der Waals surface area contributed by atoms with Crippen LogP contribution in [0.4, 0.5) is 0 Å². The standard InChI is InChI=1S/C54H93N13O18/c1-8-12-13-14-15-16-17-24-41(69)61-40-33-85-47(75)31-58-50(77)37(22-19-26-66(83)45(73)10-3)60-42(70)29-56-49(76)35(7)55-28-36(21-18-25-65(82)44(72)9-2)59-52(79)39(32-68)63-54(81)48(34(5)6)64-43(71)30-57-51(78)38(62-53(40)80)23-20-27-67(84)46(74)11-4/h16-17,34-40,48,55,68,82-84H,8-15,18-33H2,1-7H3,(H,56,76)(H,57,78)(H,58,77)(H,59,79)(H,60,70)(H,61,69)(H,62,80)(H,63,81)(H,64,71)/b17-16-/t35-,36?,37?,38?,39-,40-,48+/m0/s1. The molecule has 1 heterocycles. The monoisotopic (exact) mass is 1210 g/mol. The number of unbranched alkanes of at least 4 members (excludes halogenated alkanes) is 4. The number of cyclic esters (lactones) is 1. The van der Waals surface area contributed by atoms with Gasteiger partial charge in [0.1, 0.15) is 43.4 Å². The first-order valence-electron chi connectivity index (χ1n) is 29.1. The maximum Gasteiger partial charge on any atom is 0.325 e. The highest BCUT2D eigenvalue weighted by Crippen LogP contribution is 2.09. The van der Waals surface area contributed by atoms with E-state index < -0.39 is 158 Å². The summed E-state index contributed by atoms with van der Waals surface area (Å²) in [6, 6.07) is -9.66. The molecule has 1 aliphatic heterocycles. The first-order valence-corrected chi connectivity index (χ1v) is 29.1. The van der Waals surface area contributed by atoms with Crippen molar-refractivity contribution in [1.29, 1.82) is 0 Å². The van der Waals surface area contributed by atoms with Crippen LogP contribution < -0.4 is 53.2 Å². The summed E-state index contributed by atoms with van der Waals surface area (Å²) in [6.07, 6.45) is 7.12. The van der Waals surface area contributed by atoms with Crippen molar-refractivity contribution in [3.63, 3.8) is 0 Å². The fourth-order valence-corrected chi connectivity index (χ4v) is 8.06. The van der Waals surface area contributed by atoms with Gasteiger partial charge in [-0.25, -0.2) is 15.2 Å². The second-order valence-electron chi connectivity index (χ2n) is 20.6. The van der Waals surface area contributed by atoms with Gasteiger partial charge in [0.2, 0.25) is 70.9 Å². The summed E-state index contributed by atoms with van der Waals surface area (Å²) in [5.74, 6) is -11.8.